The molecule has 0 fully saturated rings. The van der Waals surface area contributed by atoms with Gasteiger partial charge in [0.1, 0.15) is 17.9 Å². The second kappa shape index (κ2) is 9.55. The standard InChI is InChI=1S/C21H21F4N5O3/c22-16-9-5-4-8-14(16)18(31)27-11-20(33,21(23,24)25)12-28-19(32)15-10-29-30(17(15)26)13-6-2-1-3-7-13/h1-10,15,17,33H,11-12,26H2,(H,27,31)(H,28,32). The molecule has 3 unspecified atom stereocenters. The van der Waals surface area contributed by atoms with Crippen molar-refractivity contribution >= 4 is 23.7 Å². The molecule has 2 aromatic rings. The van der Waals surface area contributed by atoms with E-state index in [-0.39, 0.29) is 0 Å². The maximum absolute atomic E-state index is 13.7. The number of halogens is 4. The number of alkyl halides is 3. The van der Waals surface area contributed by atoms with Gasteiger partial charge in [0.15, 0.2) is 5.60 Å². The quantitative estimate of drug-likeness (QED) is 0.459. The highest BCUT2D eigenvalue weighted by Gasteiger charge is 2.54. The average molecular weight is 467 g/mol. The summed E-state index contributed by atoms with van der Waals surface area (Å²) in [5, 5.41) is 19.4. The van der Waals surface area contributed by atoms with Gasteiger partial charge in [-0.1, -0.05) is 30.3 Å². The number of aliphatic hydroxyl groups is 1. The molecule has 0 spiro atoms. The first-order valence-corrected chi connectivity index (χ1v) is 9.77. The van der Waals surface area contributed by atoms with Gasteiger partial charge in [0, 0.05) is 6.21 Å². The van der Waals surface area contributed by atoms with Crippen LogP contribution >= 0.6 is 0 Å². The number of rotatable bonds is 7. The van der Waals surface area contributed by atoms with Gasteiger partial charge in [-0.3, -0.25) is 9.59 Å². The summed E-state index contributed by atoms with van der Waals surface area (Å²) in [4.78, 5) is 24.5. The van der Waals surface area contributed by atoms with Crippen LogP contribution in [0.2, 0.25) is 0 Å². The predicted molar refractivity (Wildman–Crippen MR) is 112 cm³/mol. The summed E-state index contributed by atoms with van der Waals surface area (Å²) in [5.41, 5.74) is 2.61. The van der Waals surface area contributed by atoms with Crippen LogP contribution in [0.5, 0.6) is 0 Å². The second-order valence-electron chi connectivity index (χ2n) is 7.37. The highest BCUT2D eigenvalue weighted by atomic mass is 19.4. The molecule has 176 valence electrons. The van der Waals surface area contributed by atoms with Gasteiger partial charge in [0.2, 0.25) is 5.91 Å². The van der Waals surface area contributed by atoms with Crippen molar-refractivity contribution < 1.29 is 32.3 Å². The van der Waals surface area contributed by atoms with Crippen LogP contribution in [0.4, 0.5) is 23.2 Å². The van der Waals surface area contributed by atoms with E-state index in [1.807, 2.05) is 10.6 Å². The van der Waals surface area contributed by atoms with Crippen LogP contribution in [-0.4, -0.2) is 54.2 Å². The van der Waals surface area contributed by atoms with E-state index in [2.05, 4.69) is 5.10 Å². The molecule has 2 aromatic carbocycles. The van der Waals surface area contributed by atoms with Crippen LogP contribution in [0.1, 0.15) is 10.4 Å². The molecule has 1 heterocycles. The van der Waals surface area contributed by atoms with Crippen LogP contribution in [0.15, 0.2) is 59.7 Å². The lowest BCUT2D eigenvalue weighted by molar-refractivity contribution is -0.254. The minimum Gasteiger partial charge on any atom is -0.378 e. The lowest BCUT2D eigenvalue weighted by Gasteiger charge is -2.31. The number of para-hydroxylation sites is 1. The fourth-order valence-corrected chi connectivity index (χ4v) is 3.08. The van der Waals surface area contributed by atoms with Crippen molar-refractivity contribution in [3.63, 3.8) is 0 Å². The van der Waals surface area contributed by atoms with E-state index in [1.165, 1.54) is 23.4 Å². The third kappa shape index (κ3) is 5.29. The van der Waals surface area contributed by atoms with Gasteiger partial charge in [-0.15, -0.1) is 0 Å². The van der Waals surface area contributed by atoms with Crippen molar-refractivity contribution in [2.45, 2.75) is 17.9 Å². The highest BCUT2D eigenvalue weighted by molar-refractivity contribution is 5.96. The summed E-state index contributed by atoms with van der Waals surface area (Å²) in [6.45, 7) is -2.58. The summed E-state index contributed by atoms with van der Waals surface area (Å²) < 4.78 is 54.3. The number of hydrogen-bond acceptors (Lipinski definition) is 6. The van der Waals surface area contributed by atoms with E-state index < -0.39 is 60.1 Å². The molecule has 2 amide bonds. The molecule has 1 aliphatic rings. The number of nitrogens with two attached hydrogens (primary N) is 1. The fraction of sp³-hybridized carbons (Fsp3) is 0.286. The molecule has 3 rings (SSSR count). The molecule has 0 aromatic heterocycles. The number of amides is 2. The Bertz CT molecular complexity index is 1030. The lowest BCUT2D eigenvalue weighted by atomic mass is 10.0. The lowest BCUT2D eigenvalue weighted by Crippen LogP contribution is -2.60. The summed E-state index contributed by atoms with van der Waals surface area (Å²) >= 11 is 0. The number of carbonyl (C=O) groups excluding carboxylic acids is 2. The third-order valence-corrected chi connectivity index (χ3v) is 5.07. The van der Waals surface area contributed by atoms with E-state index in [0.717, 1.165) is 12.1 Å². The summed E-state index contributed by atoms with van der Waals surface area (Å²) in [6, 6.07) is 13.3. The number of nitrogens with one attached hydrogen (secondary N) is 2. The van der Waals surface area contributed by atoms with Gasteiger partial charge in [-0.25, -0.2) is 9.40 Å². The van der Waals surface area contributed by atoms with Crippen molar-refractivity contribution in [3.05, 3.63) is 66.0 Å². The minimum atomic E-state index is -5.22. The second-order valence-corrected chi connectivity index (χ2v) is 7.37. The number of carbonyl (C=O) groups is 2. The molecule has 8 nitrogen and oxygen atoms in total. The number of anilines is 1. The van der Waals surface area contributed by atoms with E-state index in [4.69, 9.17) is 5.73 Å². The molecule has 0 saturated carbocycles. The topological polar surface area (TPSA) is 120 Å². The summed E-state index contributed by atoms with van der Waals surface area (Å²) in [5.74, 6) is -4.06. The van der Waals surface area contributed by atoms with Crippen molar-refractivity contribution in [2.75, 3.05) is 18.1 Å². The fourth-order valence-electron chi connectivity index (χ4n) is 3.08. The Labute approximate surface area is 186 Å². The maximum atomic E-state index is 13.7. The largest absolute Gasteiger partial charge is 0.420 e. The van der Waals surface area contributed by atoms with Gasteiger partial charge >= 0.3 is 6.18 Å². The molecule has 1 aliphatic heterocycles. The molecule has 0 bridgehead atoms. The number of hydrogen-bond donors (Lipinski definition) is 4. The van der Waals surface area contributed by atoms with Crippen LogP contribution in [0.3, 0.4) is 0 Å². The first-order valence-electron chi connectivity index (χ1n) is 9.77. The van der Waals surface area contributed by atoms with E-state index in [0.29, 0.717) is 5.69 Å². The summed E-state index contributed by atoms with van der Waals surface area (Å²) in [6.07, 6.45) is -5.00. The Morgan fingerprint density at radius 2 is 1.64 bits per heavy atom. The smallest absolute Gasteiger partial charge is 0.378 e. The summed E-state index contributed by atoms with van der Waals surface area (Å²) in [7, 11) is 0. The van der Waals surface area contributed by atoms with Crippen molar-refractivity contribution in [2.24, 2.45) is 16.8 Å². The number of nitrogens with zero attached hydrogens (tertiary/aromatic N) is 2. The molecule has 5 N–H and O–H groups in total. The molecular weight excluding hydrogens is 446 g/mol. The minimum absolute atomic E-state index is 0.486. The van der Waals surface area contributed by atoms with Crippen molar-refractivity contribution in [3.8, 4) is 0 Å². The van der Waals surface area contributed by atoms with Gasteiger partial charge in [-0.2, -0.15) is 18.3 Å². The Balaban J connectivity index is 1.63. The van der Waals surface area contributed by atoms with Crippen LogP contribution in [0, 0.1) is 11.7 Å². The average Bonchev–Trinajstić information content (AvgIpc) is 3.17. The monoisotopic (exact) mass is 467 g/mol. The molecule has 33 heavy (non-hydrogen) atoms. The van der Waals surface area contributed by atoms with E-state index in [9.17, 15) is 32.3 Å². The number of hydrazone groups is 1. The van der Waals surface area contributed by atoms with E-state index in [1.54, 1.807) is 30.3 Å². The predicted octanol–water partition coefficient (Wildman–Crippen LogP) is 1.37. The van der Waals surface area contributed by atoms with Gasteiger partial charge in [-0.05, 0) is 24.3 Å². The molecule has 0 saturated heterocycles. The van der Waals surface area contributed by atoms with Crippen LogP contribution < -0.4 is 21.4 Å². The zero-order valence-electron chi connectivity index (χ0n) is 17.1. The molecule has 3 atom stereocenters. The Hall–Kier alpha value is -3.51. The third-order valence-electron chi connectivity index (χ3n) is 5.07. The maximum Gasteiger partial charge on any atom is 0.420 e. The highest BCUT2D eigenvalue weighted by Crippen LogP contribution is 2.30. The SMILES string of the molecule is NC1C(C(=O)NCC(O)(CNC(=O)c2ccccc2F)C(F)(F)F)C=NN1c1ccccc1. The molecule has 0 radical (unpaired) electrons. The Morgan fingerprint density at radius 1 is 1.03 bits per heavy atom. The van der Waals surface area contributed by atoms with Crippen LogP contribution in [-0.2, 0) is 4.79 Å². The zero-order valence-corrected chi connectivity index (χ0v) is 17.1. The Kier molecular flexibility index (Phi) is 6.98. The van der Waals surface area contributed by atoms with Gasteiger partial charge in [0.05, 0.1) is 24.3 Å². The van der Waals surface area contributed by atoms with E-state index >= 15 is 0 Å². The molecule has 12 heteroatoms. The van der Waals surface area contributed by atoms with Crippen LogP contribution in [0.25, 0.3) is 0 Å². The van der Waals surface area contributed by atoms with Crippen molar-refractivity contribution in [1.82, 2.24) is 10.6 Å². The normalized spacial score (nSPS) is 19.8. The zero-order chi connectivity index (χ0) is 24.2. The molecule has 0 aliphatic carbocycles. The number of benzene rings is 2. The Morgan fingerprint density at radius 3 is 2.27 bits per heavy atom. The van der Waals surface area contributed by atoms with Gasteiger partial charge in [0.25, 0.3) is 5.91 Å². The molecular formula is C21H21F4N5O3. The van der Waals surface area contributed by atoms with Crippen molar-refractivity contribution in [1.29, 1.82) is 0 Å². The first kappa shape index (κ1) is 24.1. The van der Waals surface area contributed by atoms with Gasteiger partial charge < -0.3 is 21.5 Å². The first-order chi connectivity index (χ1) is 15.5.